The van der Waals surface area contributed by atoms with Gasteiger partial charge in [-0.15, -0.1) is 0 Å². The molecule has 0 bridgehead atoms. The van der Waals surface area contributed by atoms with Crippen LogP contribution >= 0.6 is 0 Å². The van der Waals surface area contributed by atoms with E-state index in [4.69, 9.17) is 19.4 Å². The number of hydrogen-bond donors (Lipinski definition) is 0. The fourth-order valence-corrected chi connectivity index (χ4v) is 10.4. The highest BCUT2D eigenvalue weighted by Gasteiger charge is 2.24. The zero-order valence-electron chi connectivity index (χ0n) is 37.2. The van der Waals surface area contributed by atoms with Crippen molar-refractivity contribution in [3.63, 3.8) is 0 Å². The van der Waals surface area contributed by atoms with Crippen LogP contribution in [0.1, 0.15) is 0 Å². The van der Waals surface area contributed by atoms with E-state index in [1.54, 1.807) is 0 Å². The Hall–Kier alpha value is -9.39. The van der Waals surface area contributed by atoms with Crippen LogP contribution in [0.4, 0.5) is 0 Å². The minimum Gasteiger partial charge on any atom is -0.456 e. The van der Waals surface area contributed by atoms with Gasteiger partial charge in [-0.1, -0.05) is 170 Å². The first-order valence-electron chi connectivity index (χ1n) is 23.3. The zero-order valence-corrected chi connectivity index (χ0v) is 37.2. The largest absolute Gasteiger partial charge is 0.456 e. The molecule has 0 unspecified atom stereocenters. The van der Waals surface area contributed by atoms with Crippen LogP contribution in [0.15, 0.2) is 241 Å². The van der Waals surface area contributed by atoms with Crippen molar-refractivity contribution in [2.45, 2.75) is 0 Å². The van der Waals surface area contributed by atoms with Gasteiger partial charge in [0.15, 0.2) is 17.5 Å². The molecule has 14 aromatic rings. The van der Waals surface area contributed by atoms with Gasteiger partial charge in [-0.25, -0.2) is 15.0 Å². The summed E-state index contributed by atoms with van der Waals surface area (Å²) in [6.45, 7) is 0. The molecule has 6 heteroatoms. The molecule has 0 N–H and O–H groups in total. The van der Waals surface area contributed by atoms with Crippen LogP contribution in [0, 0.1) is 0 Å². The number of benzene rings is 10. The van der Waals surface area contributed by atoms with Gasteiger partial charge in [0.25, 0.3) is 0 Å². The molecule has 0 aliphatic heterocycles. The van der Waals surface area contributed by atoms with Gasteiger partial charge in [0.2, 0.25) is 0 Å². The molecule has 14 rings (SSSR count). The Kier molecular flexibility index (Phi) is 8.79. The molecule has 0 saturated heterocycles. The van der Waals surface area contributed by atoms with Crippen LogP contribution in [0.5, 0.6) is 0 Å². The predicted molar refractivity (Wildman–Crippen MR) is 283 cm³/mol. The van der Waals surface area contributed by atoms with Crippen molar-refractivity contribution >= 4 is 65.6 Å². The Labute approximate surface area is 396 Å². The Morgan fingerprint density at radius 3 is 1.58 bits per heavy atom. The molecular weight excluding hydrogens is 843 g/mol. The van der Waals surface area contributed by atoms with Crippen molar-refractivity contribution in [2.75, 3.05) is 0 Å². The third-order valence-electron chi connectivity index (χ3n) is 13.6. The first-order valence-corrected chi connectivity index (χ1v) is 23.3. The standard InChI is InChI=1S/C63H39N5O/c1-5-16-40(17-6-1)42-28-30-44(31-29-42)62-64-61(43-20-9-3-10-21-43)65-63(66-62)50-25-15-27-55-58(50)49-34-37-57-59(60(49)68(55)46-22-11-4-12-23-46)52-39-47(33-36-56(52)69-57)67-53-26-14-13-24-48(53)51-38-45(32-35-54(51)67)41-18-7-2-8-19-41/h1-39H. The van der Waals surface area contributed by atoms with Gasteiger partial charge in [0.1, 0.15) is 11.2 Å². The molecule has 69 heavy (non-hydrogen) atoms. The van der Waals surface area contributed by atoms with Crippen LogP contribution < -0.4 is 0 Å². The number of para-hydroxylation sites is 2. The smallest absolute Gasteiger partial charge is 0.164 e. The topological polar surface area (TPSA) is 61.7 Å². The first-order chi connectivity index (χ1) is 34.2. The summed E-state index contributed by atoms with van der Waals surface area (Å²) in [5, 5.41) is 6.63. The fourth-order valence-electron chi connectivity index (χ4n) is 10.4. The van der Waals surface area contributed by atoms with E-state index in [0.717, 1.165) is 94.0 Å². The number of aromatic nitrogens is 5. The van der Waals surface area contributed by atoms with Gasteiger partial charge < -0.3 is 13.6 Å². The maximum atomic E-state index is 6.78. The lowest BCUT2D eigenvalue weighted by molar-refractivity contribution is 0.669. The molecule has 0 amide bonds. The highest BCUT2D eigenvalue weighted by Crippen LogP contribution is 2.45. The summed E-state index contributed by atoms with van der Waals surface area (Å²) in [6.07, 6.45) is 0. The van der Waals surface area contributed by atoms with Crippen molar-refractivity contribution in [1.29, 1.82) is 0 Å². The Bertz CT molecular complexity index is 4270. The molecule has 0 fully saturated rings. The van der Waals surface area contributed by atoms with Gasteiger partial charge >= 0.3 is 0 Å². The molecule has 0 aliphatic carbocycles. The van der Waals surface area contributed by atoms with Gasteiger partial charge in [-0.2, -0.15) is 0 Å². The van der Waals surface area contributed by atoms with E-state index in [9.17, 15) is 0 Å². The molecule has 0 atom stereocenters. The molecule has 0 spiro atoms. The van der Waals surface area contributed by atoms with Crippen LogP contribution in [0.3, 0.4) is 0 Å². The average molecular weight is 882 g/mol. The first kappa shape index (κ1) is 38.8. The van der Waals surface area contributed by atoms with E-state index < -0.39 is 0 Å². The van der Waals surface area contributed by atoms with Crippen LogP contribution in [-0.2, 0) is 0 Å². The van der Waals surface area contributed by atoms with Crippen molar-refractivity contribution in [3.8, 4) is 67.8 Å². The van der Waals surface area contributed by atoms with Gasteiger partial charge in [-0.05, 0) is 89.0 Å². The predicted octanol–water partition coefficient (Wildman–Crippen LogP) is 16.3. The number of furan rings is 1. The van der Waals surface area contributed by atoms with E-state index in [-0.39, 0.29) is 0 Å². The van der Waals surface area contributed by atoms with Crippen LogP contribution in [0.25, 0.3) is 133 Å². The van der Waals surface area contributed by atoms with Crippen molar-refractivity contribution in [2.24, 2.45) is 0 Å². The highest BCUT2D eigenvalue weighted by molar-refractivity contribution is 6.27. The number of fused-ring (bicyclic) bond motifs is 10. The summed E-state index contributed by atoms with van der Waals surface area (Å²) in [7, 11) is 0. The minimum atomic E-state index is 0.602. The molecule has 6 nitrogen and oxygen atoms in total. The second kappa shape index (κ2) is 15.6. The maximum Gasteiger partial charge on any atom is 0.164 e. The summed E-state index contributed by atoms with van der Waals surface area (Å²) in [5.41, 5.74) is 15.6. The molecule has 4 heterocycles. The molecule has 10 aromatic carbocycles. The monoisotopic (exact) mass is 881 g/mol. The SMILES string of the molecule is c1ccc(-c2ccc(-c3nc(-c4ccccc4)nc(-c4cccc5c4c4ccc6oc7ccc(-n8c9ccccc9c9cc(-c%10ccccc%10)ccc98)cc7c6c4n5-c4ccccc4)n3)cc2)cc1. The second-order valence-corrected chi connectivity index (χ2v) is 17.6. The van der Waals surface area contributed by atoms with E-state index in [1.165, 1.54) is 21.9 Å². The highest BCUT2D eigenvalue weighted by atomic mass is 16.3. The normalized spacial score (nSPS) is 11.8. The van der Waals surface area contributed by atoms with E-state index in [0.29, 0.717) is 17.5 Å². The molecule has 4 aromatic heterocycles. The third-order valence-corrected chi connectivity index (χ3v) is 13.6. The molecule has 0 aliphatic rings. The van der Waals surface area contributed by atoms with Crippen molar-refractivity contribution < 1.29 is 4.42 Å². The Morgan fingerprint density at radius 1 is 0.290 bits per heavy atom. The third kappa shape index (κ3) is 6.30. The lowest BCUT2D eigenvalue weighted by Crippen LogP contribution is -2.00. The average Bonchev–Trinajstić information content (AvgIpc) is 4.09. The summed E-state index contributed by atoms with van der Waals surface area (Å²) in [5.74, 6) is 1.83. The summed E-state index contributed by atoms with van der Waals surface area (Å²) >= 11 is 0. The molecule has 0 radical (unpaired) electrons. The number of nitrogens with zero attached hydrogens (tertiary/aromatic N) is 5. The summed E-state index contributed by atoms with van der Waals surface area (Å²) in [4.78, 5) is 15.7. The van der Waals surface area contributed by atoms with Gasteiger partial charge in [0, 0.05) is 55.0 Å². The zero-order chi connectivity index (χ0) is 45.4. The van der Waals surface area contributed by atoms with Gasteiger partial charge in [0.05, 0.1) is 27.5 Å². The van der Waals surface area contributed by atoms with Crippen LogP contribution in [-0.4, -0.2) is 24.1 Å². The van der Waals surface area contributed by atoms with Crippen molar-refractivity contribution in [3.05, 3.63) is 237 Å². The second-order valence-electron chi connectivity index (χ2n) is 17.6. The fraction of sp³-hybridized carbons (Fsp3) is 0. The quantitative estimate of drug-likeness (QED) is 0.160. The summed E-state index contributed by atoms with van der Waals surface area (Å²) in [6, 6.07) is 83.2. The molecular formula is C63H39N5O. The van der Waals surface area contributed by atoms with Crippen LogP contribution in [0.2, 0.25) is 0 Å². The van der Waals surface area contributed by atoms with Gasteiger partial charge in [-0.3, -0.25) is 0 Å². The maximum absolute atomic E-state index is 6.78. The lowest BCUT2D eigenvalue weighted by atomic mass is 10.0. The Morgan fingerprint density at radius 2 is 0.841 bits per heavy atom. The summed E-state index contributed by atoms with van der Waals surface area (Å²) < 4.78 is 11.6. The molecule has 322 valence electrons. The lowest BCUT2D eigenvalue weighted by Gasteiger charge is -2.11. The Balaban J connectivity index is 1.01. The number of rotatable bonds is 7. The van der Waals surface area contributed by atoms with E-state index in [1.807, 2.05) is 24.3 Å². The van der Waals surface area contributed by atoms with E-state index in [2.05, 4.69) is 221 Å². The van der Waals surface area contributed by atoms with E-state index >= 15 is 0 Å². The minimum absolute atomic E-state index is 0.602. The molecule has 0 saturated carbocycles. The van der Waals surface area contributed by atoms with Crippen molar-refractivity contribution in [1.82, 2.24) is 24.1 Å². The number of hydrogen-bond acceptors (Lipinski definition) is 4.